The van der Waals surface area contributed by atoms with E-state index in [9.17, 15) is 26.4 Å². The third-order valence-corrected chi connectivity index (χ3v) is 4.52. The first-order valence-electron chi connectivity index (χ1n) is 5.72. The molecular formula is C12H13F3O5S. The molecule has 9 heteroatoms. The van der Waals surface area contributed by atoms with Crippen molar-refractivity contribution in [1.82, 2.24) is 0 Å². The van der Waals surface area contributed by atoms with Crippen molar-refractivity contribution in [1.29, 1.82) is 0 Å². The Bertz CT molecular complexity index is 650. The van der Waals surface area contributed by atoms with Gasteiger partial charge in [0.15, 0.2) is 9.84 Å². The zero-order valence-electron chi connectivity index (χ0n) is 11.2. The van der Waals surface area contributed by atoms with Crippen LogP contribution >= 0.6 is 0 Å². The summed E-state index contributed by atoms with van der Waals surface area (Å²) in [6.45, 7) is 1.89. The number of ether oxygens (including phenoxy) is 1. The van der Waals surface area contributed by atoms with E-state index in [-0.39, 0.29) is 16.0 Å². The highest BCUT2D eigenvalue weighted by Crippen LogP contribution is 2.23. The van der Waals surface area contributed by atoms with E-state index in [0.717, 1.165) is 6.07 Å². The molecule has 118 valence electrons. The molecule has 1 N–H and O–H groups in total. The van der Waals surface area contributed by atoms with E-state index >= 15 is 0 Å². The smallest absolute Gasteiger partial charge is 0.478 e. The largest absolute Gasteiger partial charge is 0.522 e. The van der Waals surface area contributed by atoms with Crippen LogP contribution in [-0.4, -0.2) is 38.2 Å². The van der Waals surface area contributed by atoms with Gasteiger partial charge >= 0.3 is 12.3 Å². The monoisotopic (exact) mass is 326 g/mol. The number of halogens is 3. The van der Waals surface area contributed by atoms with E-state index in [1.165, 1.54) is 19.9 Å². The van der Waals surface area contributed by atoms with Crippen LogP contribution in [0.1, 0.15) is 21.5 Å². The number of aromatic carboxylic acids is 1. The zero-order chi connectivity index (χ0) is 16.4. The summed E-state index contributed by atoms with van der Waals surface area (Å²) in [5.41, 5.74) is 0.422. The summed E-state index contributed by atoms with van der Waals surface area (Å²) in [5.74, 6) is -2.20. The van der Waals surface area contributed by atoms with Gasteiger partial charge in [0, 0.05) is 0 Å². The average molecular weight is 326 g/mol. The average Bonchev–Trinajstić information content (AvgIpc) is 2.25. The highest BCUT2D eigenvalue weighted by Gasteiger charge is 2.30. The minimum Gasteiger partial charge on any atom is -0.478 e. The third-order valence-electron chi connectivity index (χ3n) is 2.71. The molecule has 0 radical (unpaired) electrons. The summed E-state index contributed by atoms with van der Waals surface area (Å²) in [6.07, 6.45) is -4.91. The van der Waals surface area contributed by atoms with Crippen LogP contribution in [-0.2, 0) is 14.6 Å². The lowest BCUT2D eigenvalue weighted by Gasteiger charge is -2.12. The summed E-state index contributed by atoms with van der Waals surface area (Å²) >= 11 is 0. The topological polar surface area (TPSA) is 80.7 Å². The molecule has 0 amide bonds. The van der Waals surface area contributed by atoms with Crippen molar-refractivity contribution in [3.05, 3.63) is 28.8 Å². The van der Waals surface area contributed by atoms with Crippen LogP contribution in [0, 0.1) is 13.8 Å². The van der Waals surface area contributed by atoms with Crippen molar-refractivity contribution in [2.24, 2.45) is 0 Å². The molecule has 0 atom stereocenters. The van der Waals surface area contributed by atoms with Crippen molar-refractivity contribution in [2.75, 3.05) is 12.4 Å². The number of rotatable bonds is 5. The molecule has 5 nitrogen and oxygen atoms in total. The maximum atomic E-state index is 12.0. The van der Waals surface area contributed by atoms with Gasteiger partial charge in [-0.05, 0) is 31.0 Å². The number of carboxylic acid groups (broad SMARTS) is 1. The highest BCUT2D eigenvalue weighted by atomic mass is 32.2. The van der Waals surface area contributed by atoms with E-state index in [4.69, 9.17) is 5.11 Å². The highest BCUT2D eigenvalue weighted by molar-refractivity contribution is 7.91. The van der Waals surface area contributed by atoms with E-state index in [1.807, 2.05) is 0 Å². The molecule has 0 aromatic heterocycles. The summed E-state index contributed by atoms with van der Waals surface area (Å²) in [5, 5.41) is 8.96. The standard InChI is InChI=1S/C12H13F3O5S/c1-7-5-8(2)10(6-9(7)11(16)17)21(18,19)4-3-20-12(13,14)15/h5-6H,3-4H2,1-2H3,(H,16,17). The first-order valence-corrected chi connectivity index (χ1v) is 7.37. The van der Waals surface area contributed by atoms with Crippen molar-refractivity contribution >= 4 is 15.8 Å². The first kappa shape index (κ1) is 17.4. The van der Waals surface area contributed by atoms with Crippen LogP contribution in [0.25, 0.3) is 0 Å². The number of carboxylic acids is 1. The van der Waals surface area contributed by atoms with Crippen LogP contribution in [0.15, 0.2) is 17.0 Å². The quantitative estimate of drug-likeness (QED) is 0.898. The number of sulfone groups is 1. The summed E-state index contributed by atoms with van der Waals surface area (Å²) in [4.78, 5) is 10.7. The van der Waals surface area contributed by atoms with Gasteiger partial charge in [-0.1, -0.05) is 6.07 Å². The zero-order valence-corrected chi connectivity index (χ0v) is 12.0. The summed E-state index contributed by atoms with van der Waals surface area (Å²) in [7, 11) is -4.07. The Morgan fingerprint density at radius 2 is 1.81 bits per heavy atom. The number of alkyl halides is 3. The molecule has 0 bridgehead atoms. The maximum absolute atomic E-state index is 12.0. The number of aryl methyl sites for hydroxylation is 2. The van der Waals surface area contributed by atoms with E-state index < -0.39 is 34.5 Å². The van der Waals surface area contributed by atoms with Crippen LogP contribution in [0.3, 0.4) is 0 Å². The Morgan fingerprint density at radius 3 is 2.29 bits per heavy atom. The summed E-state index contributed by atoms with van der Waals surface area (Å²) in [6, 6.07) is 2.32. The number of carbonyl (C=O) groups is 1. The second kappa shape index (κ2) is 6.02. The van der Waals surface area contributed by atoms with Crippen molar-refractivity contribution < 1.29 is 36.2 Å². The van der Waals surface area contributed by atoms with Gasteiger partial charge in [0.2, 0.25) is 0 Å². The lowest BCUT2D eigenvalue weighted by molar-refractivity contribution is -0.322. The van der Waals surface area contributed by atoms with Gasteiger partial charge in [-0.3, -0.25) is 4.74 Å². The fourth-order valence-electron chi connectivity index (χ4n) is 1.77. The number of benzene rings is 1. The van der Waals surface area contributed by atoms with Crippen LogP contribution in [0.2, 0.25) is 0 Å². The molecule has 1 rings (SSSR count). The molecular weight excluding hydrogens is 313 g/mol. The Balaban J connectivity index is 3.08. The van der Waals surface area contributed by atoms with Gasteiger partial charge in [-0.25, -0.2) is 13.2 Å². The molecule has 0 aliphatic rings. The molecule has 0 saturated carbocycles. The van der Waals surface area contributed by atoms with Gasteiger partial charge in [0.25, 0.3) is 0 Å². The Labute approximate surface area is 119 Å². The van der Waals surface area contributed by atoms with E-state index in [0.29, 0.717) is 5.56 Å². The Hall–Kier alpha value is -1.61. The second-order valence-corrected chi connectivity index (χ2v) is 6.43. The fraction of sp³-hybridized carbons (Fsp3) is 0.417. The molecule has 1 aromatic carbocycles. The molecule has 1 aromatic rings. The van der Waals surface area contributed by atoms with Gasteiger partial charge in [-0.2, -0.15) is 0 Å². The van der Waals surface area contributed by atoms with Gasteiger partial charge in [0.05, 0.1) is 22.8 Å². The lowest BCUT2D eigenvalue weighted by Crippen LogP contribution is -2.21. The predicted octanol–water partition coefficient (Wildman–Crippen LogP) is 2.31. The van der Waals surface area contributed by atoms with E-state index in [1.54, 1.807) is 0 Å². The van der Waals surface area contributed by atoms with Crippen LogP contribution in [0.5, 0.6) is 0 Å². The SMILES string of the molecule is Cc1cc(C)c(S(=O)(=O)CCOC(F)(F)F)cc1C(=O)O. The normalized spacial score (nSPS) is 12.4. The molecule has 0 fully saturated rings. The van der Waals surface area contributed by atoms with Crippen LogP contribution < -0.4 is 0 Å². The number of hydrogen-bond acceptors (Lipinski definition) is 4. The number of hydrogen-bond donors (Lipinski definition) is 1. The molecule has 0 aliphatic carbocycles. The lowest BCUT2D eigenvalue weighted by atomic mass is 10.1. The van der Waals surface area contributed by atoms with Crippen molar-refractivity contribution in [3.8, 4) is 0 Å². The molecule has 0 saturated heterocycles. The maximum Gasteiger partial charge on any atom is 0.522 e. The van der Waals surface area contributed by atoms with Gasteiger partial charge in [0.1, 0.15) is 0 Å². The Kier molecular flexibility index (Phi) is 5.00. The molecule has 0 unspecified atom stereocenters. The minimum atomic E-state index is -4.91. The fourth-order valence-corrected chi connectivity index (χ4v) is 3.14. The minimum absolute atomic E-state index is 0.212. The van der Waals surface area contributed by atoms with E-state index in [2.05, 4.69) is 4.74 Å². The van der Waals surface area contributed by atoms with Crippen LogP contribution in [0.4, 0.5) is 13.2 Å². The molecule has 0 spiro atoms. The summed E-state index contributed by atoms with van der Waals surface area (Å²) < 4.78 is 62.9. The predicted molar refractivity (Wildman–Crippen MR) is 66.9 cm³/mol. The molecule has 0 heterocycles. The Morgan fingerprint density at radius 1 is 1.24 bits per heavy atom. The van der Waals surface area contributed by atoms with Gasteiger partial charge < -0.3 is 5.11 Å². The first-order chi connectivity index (χ1) is 9.44. The van der Waals surface area contributed by atoms with Crippen molar-refractivity contribution in [2.45, 2.75) is 25.1 Å². The molecule has 0 aliphatic heterocycles. The van der Waals surface area contributed by atoms with Gasteiger partial charge in [-0.15, -0.1) is 13.2 Å². The second-order valence-electron chi connectivity index (χ2n) is 4.35. The van der Waals surface area contributed by atoms with Crippen molar-refractivity contribution in [3.63, 3.8) is 0 Å². The molecule has 21 heavy (non-hydrogen) atoms. The third kappa shape index (κ3) is 4.71.